The number of nitrogens with one attached hydrogen (secondary N) is 2. The lowest BCUT2D eigenvalue weighted by Gasteiger charge is -2.06. The number of hydrogen-bond donors (Lipinski definition) is 2. The van der Waals surface area contributed by atoms with Crippen LogP contribution >= 0.6 is 0 Å². The van der Waals surface area contributed by atoms with E-state index in [9.17, 15) is 4.79 Å². The molecule has 2 N–H and O–H groups in total. The number of rotatable bonds is 3. The molecule has 4 heteroatoms. The lowest BCUT2D eigenvalue weighted by Crippen LogP contribution is -2.11. The molecular formula is C23H17N3O. The summed E-state index contributed by atoms with van der Waals surface area (Å²) in [5.74, 6) is -0.118. The molecule has 27 heavy (non-hydrogen) atoms. The van der Waals surface area contributed by atoms with Crippen molar-refractivity contribution in [3.63, 3.8) is 0 Å². The van der Waals surface area contributed by atoms with Gasteiger partial charge in [-0.25, -0.2) is 0 Å². The topological polar surface area (TPSA) is 57.8 Å². The third-order valence-electron chi connectivity index (χ3n) is 4.97. The predicted molar refractivity (Wildman–Crippen MR) is 107 cm³/mol. The summed E-state index contributed by atoms with van der Waals surface area (Å²) < 4.78 is 0. The summed E-state index contributed by atoms with van der Waals surface area (Å²) in [5.41, 5.74) is 8.25. The van der Waals surface area contributed by atoms with Gasteiger partial charge in [0.25, 0.3) is 5.91 Å². The Kier molecular flexibility index (Phi) is 3.61. The summed E-state index contributed by atoms with van der Waals surface area (Å²) in [5, 5.41) is 10.6. The molecule has 1 amide bonds. The number of anilines is 1. The van der Waals surface area contributed by atoms with Gasteiger partial charge in [-0.05, 0) is 29.8 Å². The van der Waals surface area contributed by atoms with Crippen LogP contribution in [0.5, 0.6) is 0 Å². The molecule has 0 atom stereocenters. The maximum Gasteiger partial charge on any atom is 0.255 e. The van der Waals surface area contributed by atoms with Crippen molar-refractivity contribution in [2.75, 3.05) is 5.32 Å². The van der Waals surface area contributed by atoms with E-state index < -0.39 is 0 Å². The molecule has 0 fully saturated rings. The lowest BCUT2D eigenvalue weighted by atomic mass is 10.0. The Labute approximate surface area is 156 Å². The molecule has 4 aromatic rings. The Hall–Kier alpha value is -3.66. The third kappa shape index (κ3) is 2.72. The van der Waals surface area contributed by atoms with E-state index in [2.05, 4.69) is 39.8 Å². The highest BCUT2D eigenvalue weighted by Crippen LogP contribution is 2.39. The molecule has 130 valence electrons. The summed E-state index contributed by atoms with van der Waals surface area (Å²) in [4.78, 5) is 12.4. The minimum absolute atomic E-state index is 0.118. The van der Waals surface area contributed by atoms with Crippen LogP contribution in [0.15, 0.2) is 78.9 Å². The monoisotopic (exact) mass is 351 g/mol. The molecule has 0 aliphatic heterocycles. The number of hydrogen-bond acceptors (Lipinski definition) is 2. The quantitative estimate of drug-likeness (QED) is 0.486. The molecule has 0 saturated heterocycles. The average molecular weight is 351 g/mol. The largest absolute Gasteiger partial charge is 0.322 e. The standard InChI is InChI=1S/C23H17N3O/c27-23(24-18-7-2-1-3-8-18)16-12-10-15(11-13-16)21-20-14-17-6-4-5-9-19(17)22(20)26-25-21/h1-13H,14H2,(H,24,27)(H,25,26). The number of carbonyl (C=O) groups is 1. The van der Waals surface area contributed by atoms with E-state index in [1.165, 1.54) is 16.7 Å². The molecule has 3 aromatic carbocycles. The zero-order chi connectivity index (χ0) is 18.2. The Morgan fingerprint density at radius 1 is 0.889 bits per heavy atom. The van der Waals surface area contributed by atoms with Crippen molar-refractivity contribution >= 4 is 11.6 Å². The molecule has 0 unspecified atom stereocenters. The predicted octanol–water partition coefficient (Wildman–Crippen LogP) is 4.90. The number of fused-ring (bicyclic) bond motifs is 3. The number of carbonyl (C=O) groups excluding carboxylic acids is 1. The van der Waals surface area contributed by atoms with E-state index in [-0.39, 0.29) is 5.91 Å². The maximum absolute atomic E-state index is 12.4. The first-order valence-corrected chi connectivity index (χ1v) is 8.92. The number of aromatic amines is 1. The van der Waals surface area contributed by atoms with Gasteiger partial charge in [0.05, 0.1) is 11.4 Å². The van der Waals surface area contributed by atoms with E-state index in [1.807, 2.05) is 54.6 Å². The highest BCUT2D eigenvalue weighted by molar-refractivity contribution is 6.04. The normalized spacial score (nSPS) is 11.7. The van der Waals surface area contributed by atoms with Gasteiger partial charge in [0.15, 0.2) is 0 Å². The molecule has 5 rings (SSSR count). The molecule has 1 aliphatic rings. The molecular weight excluding hydrogens is 334 g/mol. The van der Waals surface area contributed by atoms with Gasteiger partial charge in [-0.2, -0.15) is 5.10 Å². The van der Waals surface area contributed by atoms with Gasteiger partial charge in [-0.3, -0.25) is 9.89 Å². The van der Waals surface area contributed by atoms with Crippen molar-refractivity contribution in [2.24, 2.45) is 0 Å². The number of amides is 1. The van der Waals surface area contributed by atoms with Crippen LogP contribution in [0.25, 0.3) is 22.5 Å². The van der Waals surface area contributed by atoms with Crippen LogP contribution in [0.2, 0.25) is 0 Å². The second-order valence-electron chi connectivity index (χ2n) is 6.66. The summed E-state index contributed by atoms with van der Waals surface area (Å²) in [6.45, 7) is 0. The van der Waals surface area contributed by atoms with Crippen molar-refractivity contribution in [1.29, 1.82) is 0 Å². The number of H-pyrrole nitrogens is 1. The lowest BCUT2D eigenvalue weighted by molar-refractivity contribution is 0.102. The zero-order valence-electron chi connectivity index (χ0n) is 14.6. The van der Waals surface area contributed by atoms with Crippen LogP contribution in [0, 0.1) is 0 Å². The molecule has 4 nitrogen and oxygen atoms in total. The fourth-order valence-corrected chi connectivity index (χ4v) is 3.61. The first-order chi connectivity index (χ1) is 13.3. The number of aromatic nitrogens is 2. The highest BCUT2D eigenvalue weighted by atomic mass is 16.1. The molecule has 0 saturated carbocycles. The maximum atomic E-state index is 12.4. The van der Waals surface area contributed by atoms with Gasteiger partial charge in [-0.15, -0.1) is 0 Å². The second kappa shape index (κ2) is 6.25. The molecule has 0 radical (unpaired) electrons. The van der Waals surface area contributed by atoms with Gasteiger partial charge in [0.2, 0.25) is 0 Å². The Bertz CT molecular complexity index is 1130. The summed E-state index contributed by atoms with van der Waals surface area (Å²) in [7, 11) is 0. The summed E-state index contributed by atoms with van der Waals surface area (Å²) in [6, 6.07) is 25.5. The molecule has 0 bridgehead atoms. The Morgan fingerprint density at radius 2 is 1.63 bits per heavy atom. The van der Waals surface area contributed by atoms with Gasteiger partial charge < -0.3 is 5.32 Å². The van der Waals surface area contributed by atoms with Gasteiger partial charge in [0, 0.05) is 34.4 Å². The first kappa shape index (κ1) is 15.6. The smallest absolute Gasteiger partial charge is 0.255 e. The molecule has 0 spiro atoms. The second-order valence-corrected chi connectivity index (χ2v) is 6.66. The van der Waals surface area contributed by atoms with E-state index in [0.29, 0.717) is 5.56 Å². The van der Waals surface area contributed by atoms with Crippen LogP contribution in [0.3, 0.4) is 0 Å². The van der Waals surface area contributed by atoms with E-state index in [1.54, 1.807) is 0 Å². The van der Waals surface area contributed by atoms with Crippen LogP contribution in [0.1, 0.15) is 21.5 Å². The summed E-state index contributed by atoms with van der Waals surface area (Å²) >= 11 is 0. The van der Waals surface area contributed by atoms with Crippen molar-refractivity contribution in [3.05, 3.63) is 95.6 Å². The van der Waals surface area contributed by atoms with Crippen LogP contribution in [-0.4, -0.2) is 16.1 Å². The highest BCUT2D eigenvalue weighted by Gasteiger charge is 2.24. The van der Waals surface area contributed by atoms with Gasteiger partial charge >= 0.3 is 0 Å². The van der Waals surface area contributed by atoms with Crippen LogP contribution in [0.4, 0.5) is 5.69 Å². The number of para-hydroxylation sites is 1. The fourth-order valence-electron chi connectivity index (χ4n) is 3.61. The number of nitrogens with zero attached hydrogens (tertiary/aromatic N) is 1. The van der Waals surface area contributed by atoms with Crippen molar-refractivity contribution in [2.45, 2.75) is 6.42 Å². The molecule has 1 heterocycles. The minimum Gasteiger partial charge on any atom is -0.322 e. The van der Waals surface area contributed by atoms with E-state index in [0.717, 1.165) is 29.1 Å². The van der Waals surface area contributed by atoms with Crippen molar-refractivity contribution in [1.82, 2.24) is 10.2 Å². The minimum atomic E-state index is -0.118. The average Bonchev–Trinajstić information content (AvgIpc) is 3.28. The Morgan fingerprint density at radius 3 is 2.44 bits per heavy atom. The van der Waals surface area contributed by atoms with E-state index in [4.69, 9.17) is 0 Å². The van der Waals surface area contributed by atoms with Crippen LogP contribution < -0.4 is 5.32 Å². The van der Waals surface area contributed by atoms with E-state index >= 15 is 0 Å². The number of benzene rings is 3. The summed E-state index contributed by atoms with van der Waals surface area (Å²) in [6.07, 6.45) is 0.883. The molecule has 1 aromatic heterocycles. The van der Waals surface area contributed by atoms with Crippen molar-refractivity contribution < 1.29 is 4.79 Å². The molecule has 1 aliphatic carbocycles. The fraction of sp³-hybridized carbons (Fsp3) is 0.0435. The zero-order valence-corrected chi connectivity index (χ0v) is 14.6. The SMILES string of the molecule is O=C(Nc1ccccc1)c1ccc(-c2n[nH]c3c2Cc2ccccc2-3)cc1. The third-order valence-corrected chi connectivity index (χ3v) is 4.97. The van der Waals surface area contributed by atoms with Crippen molar-refractivity contribution in [3.8, 4) is 22.5 Å². The van der Waals surface area contributed by atoms with Gasteiger partial charge in [0.1, 0.15) is 0 Å². The van der Waals surface area contributed by atoms with Gasteiger partial charge in [-0.1, -0.05) is 54.6 Å². The Balaban J connectivity index is 1.41. The first-order valence-electron chi connectivity index (χ1n) is 8.92. The van der Waals surface area contributed by atoms with Crippen LogP contribution in [-0.2, 0) is 6.42 Å².